The number of aliphatic hydroxyl groups excluding tert-OH is 2. The molecule has 3 atom stereocenters. The van der Waals surface area contributed by atoms with Gasteiger partial charge in [0.2, 0.25) is 0 Å². The molecular formula is C20H31O6-. The molecule has 0 bridgehead atoms. The van der Waals surface area contributed by atoms with Crippen molar-refractivity contribution in [1.82, 2.24) is 0 Å². The number of aliphatic hydroxyl groups is 2. The van der Waals surface area contributed by atoms with Crippen LogP contribution in [0.3, 0.4) is 0 Å². The first kappa shape index (κ1) is 24.3. The van der Waals surface area contributed by atoms with Gasteiger partial charge in [-0.15, -0.1) is 0 Å². The molecule has 3 N–H and O–H groups in total. The van der Waals surface area contributed by atoms with Gasteiger partial charge in [0.15, 0.2) is 0 Å². The highest BCUT2D eigenvalue weighted by Gasteiger charge is 2.11. The van der Waals surface area contributed by atoms with Crippen LogP contribution in [0.5, 0.6) is 0 Å². The summed E-state index contributed by atoms with van der Waals surface area (Å²) in [6.45, 7) is 2.12. The summed E-state index contributed by atoms with van der Waals surface area (Å²) < 4.78 is 0. The first-order chi connectivity index (χ1) is 12.5. The average Bonchev–Trinajstić information content (AvgIpc) is 2.61. The summed E-state index contributed by atoms with van der Waals surface area (Å²) >= 11 is 0. The van der Waals surface area contributed by atoms with Crippen LogP contribution in [0.2, 0.25) is 0 Å². The Morgan fingerprint density at radius 3 is 2.15 bits per heavy atom. The molecule has 0 aliphatic rings. The van der Waals surface area contributed by atoms with Crippen LogP contribution < -0.4 is 5.11 Å². The third kappa shape index (κ3) is 14.6. The molecule has 0 heterocycles. The Labute approximate surface area is 155 Å². The molecule has 0 unspecified atom stereocenters. The highest BCUT2D eigenvalue weighted by molar-refractivity contribution is 5.64. The van der Waals surface area contributed by atoms with Gasteiger partial charge in [0.05, 0.1) is 12.2 Å². The van der Waals surface area contributed by atoms with E-state index >= 15 is 0 Å². The van der Waals surface area contributed by atoms with Crippen LogP contribution in [-0.4, -0.2) is 39.8 Å². The molecule has 0 aliphatic carbocycles. The largest absolute Gasteiger partial charge is 0.550 e. The molecule has 0 aromatic heterocycles. The third-order valence-corrected chi connectivity index (χ3v) is 3.69. The van der Waals surface area contributed by atoms with Crippen molar-refractivity contribution in [3.8, 4) is 0 Å². The summed E-state index contributed by atoms with van der Waals surface area (Å²) in [6.07, 6.45) is 15.6. The van der Waals surface area contributed by atoms with Gasteiger partial charge in [-0.25, -0.2) is 4.89 Å². The number of rotatable bonds is 15. The normalized spacial score (nSPS) is 16.2. The van der Waals surface area contributed by atoms with E-state index in [1.54, 1.807) is 42.5 Å². The van der Waals surface area contributed by atoms with E-state index in [-0.39, 0.29) is 25.4 Å². The van der Waals surface area contributed by atoms with Gasteiger partial charge in [-0.1, -0.05) is 74.8 Å². The summed E-state index contributed by atoms with van der Waals surface area (Å²) in [7, 11) is 0. The van der Waals surface area contributed by atoms with Crippen molar-refractivity contribution in [3.63, 3.8) is 0 Å². The zero-order chi connectivity index (χ0) is 19.6. The molecule has 0 saturated carbocycles. The quantitative estimate of drug-likeness (QED) is 0.177. The van der Waals surface area contributed by atoms with Crippen LogP contribution in [0.25, 0.3) is 0 Å². The first-order valence-corrected chi connectivity index (χ1v) is 9.05. The number of hydrogen-bond acceptors (Lipinski definition) is 6. The summed E-state index contributed by atoms with van der Waals surface area (Å²) in [5.41, 5.74) is 0. The highest BCUT2D eigenvalue weighted by atomic mass is 17.1. The van der Waals surface area contributed by atoms with Gasteiger partial charge in [0, 0.05) is 5.97 Å². The molecule has 0 amide bonds. The number of carbonyl (C=O) groups excluding carboxylic acids is 1. The number of allylic oxidation sites excluding steroid dienone is 6. The highest BCUT2D eigenvalue weighted by Crippen LogP contribution is 2.07. The van der Waals surface area contributed by atoms with E-state index in [9.17, 15) is 20.1 Å². The van der Waals surface area contributed by atoms with Crippen molar-refractivity contribution < 1.29 is 30.3 Å². The van der Waals surface area contributed by atoms with Gasteiger partial charge < -0.3 is 20.1 Å². The zero-order valence-corrected chi connectivity index (χ0v) is 15.4. The Morgan fingerprint density at radius 2 is 1.58 bits per heavy atom. The van der Waals surface area contributed by atoms with E-state index < -0.39 is 18.2 Å². The summed E-state index contributed by atoms with van der Waals surface area (Å²) in [6, 6.07) is 0. The van der Waals surface area contributed by atoms with Crippen molar-refractivity contribution in [2.24, 2.45) is 0 Å². The molecule has 26 heavy (non-hydrogen) atoms. The van der Waals surface area contributed by atoms with Crippen molar-refractivity contribution in [2.45, 2.75) is 70.2 Å². The molecule has 6 heteroatoms. The number of hydrogen-bond donors (Lipinski definition) is 3. The number of unbranched alkanes of at least 4 members (excludes halogenated alkanes) is 2. The van der Waals surface area contributed by atoms with Crippen LogP contribution in [0, 0.1) is 0 Å². The van der Waals surface area contributed by atoms with Crippen molar-refractivity contribution in [2.75, 3.05) is 0 Å². The summed E-state index contributed by atoms with van der Waals surface area (Å²) in [5.74, 6) is -1.16. The molecule has 0 aliphatic heterocycles. The second-order valence-electron chi connectivity index (χ2n) is 6.00. The lowest BCUT2D eigenvalue weighted by atomic mass is 10.1. The summed E-state index contributed by atoms with van der Waals surface area (Å²) in [5, 5.41) is 38.4. The van der Waals surface area contributed by atoms with Gasteiger partial charge in [-0.05, 0) is 25.7 Å². The maximum absolute atomic E-state index is 10.3. The van der Waals surface area contributed by atoms with Gasteiger partial charge in [-0.3, -0.25) is 5.26 Å². The number of carboxylic acid groups (broad SMARTS) is 1. The van der Waals surface area contributed by atoms with E-state index in [1.807, 2.05) is 0 Å². The molecule has 0 radical (unpaired) electrons. The molecule has 0 rings (SSSR count). The molecule has 0 aromatic carbocycles. The zero-order valence-electron chi connectivity index (χ0n) is 15.4. The first-order valence-electron chi connectivity index (χ1n) is 9.05. The Kier molecular flexibility index (Phi) is 15.6. The topological polar surface area (TPSA) is 110 Å². The van der Waals surface area contributed by atoms with E-state index in [0.717, 1.165) is 25.7 Å². The predicted molar refractivity (Wildman–Crippen MR) is 99.1 cm³/mol. The van der Waals surface area contributed by atoms with E-state index in [4.69, 9.17) is 5.26 Å². The maximum Gasteiger partial charge on any atom is 0.111 e. The molecule has 0 spiro atoms. The third-order valence-electron chi connectivity index (χ3n) is 3.69. The lowest BCUT2D eigenvalue weighted by Gasteiger charge is -2.14. The predicted octanol–water partition coefficient (Wildman–Crippen LogP) is 2.29. The van der Waals surface area contributed by atoms with Crippen LogP contribution in [0.4, 0.5) is 0 Å². The number of carbonyl (C=O) groups is 1. The molecule has 0 saturated heterocycles. The van der Waals surface area contributed by atoms with Crippen molar-refractivity contribution >= 4 is 5.97 Å². The second kappa shape index (κ2) is 16.7. The Morgan fingerprint density at radius 1 is 0.962 bits per heavy atom. The Bertz CT molecular complexity index is 467. The maximum atomic E-state index is 10.3. The van der Waals surface area contributed by atoms with E-state index in [1.165, 1.54) is 6.08 Å². The Balaban J connectivity index is 4.07. The fraction of sp³-hybridized carbons (Fsp3) is 0.550. The van der Waals surface area contributed by atoms with Gasteiger partial charge in [0.1, 0.15) is 6.10 Å². The summed E-state index contributed by atoms with van der Waals surface area (Å²) in [4.78, 5) is 14.7. The molecular weight excluding hydrogens is 336 g/mol. The number of aliphatic carboxylic acids is 1. The smallest absolute Gasteiger partial charge is 0.111 e. The standard InChI is InChI=1S/C20H32O6/c1-2-3-8-12-17(26-25)13-9-6-4-5-7-10-14-18(21)19(22)15-11-16-20(23)24/h4-7,9-10,13-14,17-19,21-22,25H,2-3,8,11-12,15-16H2,1H3,(H,23,24)/p-1/b6-4-,7-5+,13-9+,14-10+/t17-,18+,19-/m0/s1. The van der Waals surface area contributed by atoms with Gasteiger partial charge in [-0.2, -0.15) is 0 Å². The molecule has 148 valence electrons. The minimum Gasteiger partial charge on any atom is -0.550 e. The molecule has 0 fully saturated rings. The molecule has 0 aromatic rings. The fourth-order valence-corrected chi connectivity index (χ4v) is 2.16. The van der Waals surface area contributed by atoms with Gasteiger partial charge in [0.25, 0.3) is 0 Å². The Hall–Kier alpha value is -1.73. The SMILES string of the molecule is CCCCC[C@@H](/C=C/C=C\C=C\C=C\[C@@H](O)[C@@H](O)CCCC(=O)[O-])OO. The van der Waals surface area contributed by atoms with E-state index in [0.29, 0.717) is 0 Å². The van der Waals surface area contributed by atoms with Crippen LogP contribution in [-0.2, 0) is 9.68 Å². The fourth-order valence-electron chi connectivity index (χ4n) is 2.16. The van der Waals surface area contributed by atoms with Crippen LogP contribution in [0.1, 0.15) is 51.9 Å². The average molecular weight is 367 g/mol. The minimum atomic E-state index is -1.16. The van der Waals surface area contributed by atoms with Gasteiger partial charge >= 0.3 is 0 Å². The second-order valence-corrected chi connectivity index (χ2v) is 6.00. The lowest BCUT2D eigenvalue weighted by Crippen LogP contribution is -2.26. The van der Waals surface area contributed by atoms with Crippen molar-refractivity contribution in [3.05, 3.63) is 48.6 Å². The number of carboxylic acids is 1. The van der Waals surface area contributed by atoms with Crippen molar-refractivity contribution in [1.29, 1.82) is 0 Å². The lowest BCUT2D eigenvalue weighted by molar-refractivity contribution is -0.305. The minimum absolute atomic E-state index is 0.132. The molecule has 6 nitrogen and oxygen atoms in total. The monoisotopic (exact) mass is 367 g/mol. The van der Waals surface area contributed by atoms with Crippen LogP contribution >= 0.6 is 0 Å². The van der Waals surface area contributed by atoms with E-state index in [2.05, 4.69) is 11.8 Å². The van der Waals surface area contributed by atoms with Crippen LogP contribution in [0.15, 0.2) is 48.6 Å².